The van der Waals surface area contributed by atoms with Gasteiger partial charge in [-0.1, -0.05) is 26.2 Å². The topological polar surface area (TPSA) is 55.4 Å². The standard InChI is InChI=1S/C8H15NO3/c1-2-3-4-5-6-8(11)12-9-7-10/h7H,2-6H2,1H3,(H,9,10). The van der Waals surface area contributed by atoms with Crippen molar-refractivity contribution in [2.75, 3.05) is 0 Å². The lowest BCUT2D eigenvalue weighted by atomic mass is 10.2. The van der Waals surface area contributed by atoms with Crippen molar-refractivity contribution < 1.29 is 14.4 Å². The number of unbranched alkanes of at least 4 members (excludes halogenated alkanes) is 3. The minimum atomic E-state index is -0.377. The SMILES string of the molecule is CCCCCCC(=O)ONC=O. The first-order valence-corrected chi connectivity index (χ1v) is 4.20. The van der Waals surface area contributed by atoms with Crippen LogP contribution in [0.4, 0.5) is 0 Å². The fraction of sp³-hybridized carbons (Fsp3) is 0.750. The highest BCUT2D eigenvalue weighted by molar-refractivity contribution is 5.69. The molecule has 0 rings (SSSR count). The second-order valence-corrected chi connectivity index (χ2v) is 2.52. The van der Waals surface area contributed by atoms with Crippen LogP contribution in [0.25, 0.3) is 0 Å². The smallest absolute Gasteiger partial charge is 0.332 e. The lowest BCUT2D eigenvalue weighted by Crippen LogP contribution is -2.17. The lowest BCUT2D eigenvalue weighted by Gasteiger charge is -1.99. The van der Waals surface area contributed by atoms with Crippen LogP contribution in [0.15, 0.2) is 0 Å². The molecule has 0 radical (unpaired) electrons. The fourth-order valence-electron chi connectivity index (χ4n) is 0.837. The van der Waals surface area contributed by atoms with Gasteiger partial charge < -0.3 is 4.84 Å². The molecule has 0 aliphatic heterocycles. The van der Waals surface area contributed by atoms with E-state index < -0.39 is 0 Å². The summed E-state index contributed by atoms with van der Waals surface area (Å²) in [6.45, 7) is 2.10. The zero-order chi connectivity index (χ0) is 9.23. The van der Waals surface area contributed by atoms with E-state index in [9.17, 15) is 9.59 Å². The average Bonchev–Trinajstić information content (AvgIpc) is 2.09. The van der Waals surface area contributed by atoms with Crippen LogP contribution in [0.1, 0.15) is 39.0 Å². The van der Waals surface area contributed by atoms with E-state index in [1.165, 1.54) is 0 Å². The molecule has 0 unspecified atom stereocenters. The first kappa shape index (κ1) is 10.9. The summed E-state index contributed by atoms with van der Waals surface area (Å²) in [4.78, 5) is 24.7. The van der Waals surface area contributed by atoms with Crippen molar-refractivity contribution in [3.63, 3.8) is 0 Å². The molecule has 4 nitrogen and oxygen atoms in total. The molecule has 0 aromatic carbocycles. The van der Waals surface area contributed by atoms with E-state index in [0.29, 0.717) is 12.8 Å². The van der Waals surface area contributed by atoms with Crippen LogP contribution in [-0.2, 0) is 14.4 Å². The van der Waals surface area contributed by atoms with Gasteiger partial charge in [0.2, 0.25) is 6.41 Å². The van der Waals surface area contributed by atoms with E-state index in [1.54, 1.807) is 0 Å². The molecule has 1 N–H and O–H groups in total. The maximum Gasteiger partial charge on any atom is 0.332 e. The van der Waals surface area contributed by atoms with Gasteiger partial charge in [-0.2, -0.15) is 5.48 Å². The minimum Gasteiger partial charge on any atom is -0.341 e. The van der Waals surface area contributed by atoms with E-state index in [2.05, 4.69) is 11.8 Å². The third kappa shape index (κ3) is 7.05. The van der Waals surface area contributed by atoms with E-state index in [4.69, 9.17) is 0 Å². The molecule has 0 saturated heterocycles. The lowest BCUT2D eigenvalue weighted by molar-refractivity contribution is -0.154. The number of hydrogen-bond acceptors (Lipinski definition) is 3. The van der Waals surface area contributed by atoms with Gasteiger partial charge in [0.15, 0.2) is 0 Å². The van der Waals surface area contributed by atoms with E-state index in [-0.39, 0.29) is 5.97 Å². The van der Waals surface area contributed by atoms with Crippen molar-refractivity contribution in [1.82, 2.24) is 5.48 Å². The van der Waals surface area contributed by atoms with Gasteiger partial charge in [-0.3, -0.25) is 4.79 Å². The Kier molecular flexibility index (Phi) is 7.33. The number of hydrogen-bond donors (Lipinski definition) is 1. The molecule has 70 valence electrons. The Bertz CT molecular complexity index is 136. The van der Waals surface area contributed by atoms with Crippen molar-refractivity contribution in [3.05, 3.63) is 0 Å². The zero-order valence-electron chi connectivity index (χ0n) is 7.34. The molecule has 0 aliphatic carbocycles. The molecule has 0 aliphatic rings. The van der Waals surface area contributed by atoms with Gasteiger partial charge in [0, 0.05) is 6.42 Å². The minimum absolute atomic E-state index is 0.337. The van der Waals surface area contributed by atoms with E-state index >= 15 is 0 Å². The Balaban J connectivity index is 3.13. The second-order valence-electron chi connectivity index (χ2n) is 2.52. The summed E-state index contributed by atoms with van der Waals surface area (Å²) in [5, 5.41) is 0. The van der Waals surface area contributed by atoms with E-state index in [1.807, 2.05) is 5.48 Å². The molecule has 0 atom stereocenters. The summed E-state index contributed by atoms with van der Waals surface area (Å²) in [5.41, 5.74) is 1.86. The Hall–Kier alpha value is -1.06. The summed E-state index contributed by atoms with van der Waals surface area (Å²) in [6.07, 6.45) is 4.85. The highest BCUT2D eigenvalue weighted by atomic mass is 16.7. The van der Waals surface area contributed by atoms with Crippen molar-refractivity contribution in [3.8, 4) is 0 Å². The molecule has 0 spiro atoms. The molecule has 12 heavy (non-hydrogen) atoms. The molecular weight excluding hydrogens is 158 g/mol. The summed E-state index contributed by atoms with van der Waals surface area (Å²) in [5.74, 6) is -0.377. The molecular formula is C8H15NO3. The molecule has 0 aromatic rings. The molecule has 0 heterocycles. The van der Waals surface area contributed by atoms with Crippen LogP contribution < -0.4 is 5.48 Å². The Morgan fingerprint density at radius 1 is 1.42 bits per heavy atom. The van der Waals surface area contributed by atoms with Crippen LogP contribution in [0.3, 0.4) is 0 Å². The number of hydroxylamine groups is 1. The normalized spacial score (nSPS) is 9.08. The zero-order valence-corrected chi connectivity index (χ0v) is 7.34. The molecule has 4 heteroatoms. The van der Waals surface area contributed by atoms with Crippen molar-refractivity contribution in [2.24, 2.45) is 0 Å². The number of rotatable bonds is 7. The van der Waals surface area contributed by atoms with Crippen LogP contribution in [0.2, 0.25) is 0 Å². The summed E-state index contributed by atoms with van der Waals surface area (Å²) < 4.78 is 0. The van der Waals surface area contributed by atoms with Gasteiger partial charge in [0.05, 0.1) is 0 Å². The summed E-state index contributed by atoms with van der Waals surface area (Å²) >= 11 is 0. The largest absolute Gasteiger partial charge is 0.341 e. The Labute approximate surface area is 72.2 Å². The van der Waals surface area contributed by atoms with Gasteiger partial charge in [0.1, 0.15) is 0 Å². The average molecular weight is 173 g/mol. The van der Waals surface area contributed by atoms with Gasteiger partial charge in [-0.15, -0.1) is 0 Å². The van der Waals surface area contributed by atoms with Gasteiger partial charge in [-0.05, 0) is 6.42 Å². The fourth-order valence-corrected chi connectivity index (χ4v) is 0.837. The predicted octanol–water partition coefficient (Wildman–Crippen LogP) is 1.16. The van der Waals surface area contributed by atoms with Crippen LogP contribution in [-0.4, -0.2) is 12.4 Å². The van der Waals surface area contributed by atoms with Gasteiger partial charge in [0.25, 0.3) is 0 Å². The molecule has 0 bridgehead atoms. The van der Waals surface area contributed by atoms with Crippen molar-refractivity contribution >= 4 is 12.4 Å². The predicted molar refractivity (Wildman–Crippen MR) is 44.1 cm³/mol. The van der Waals surface area contributed by atoms with Crippen LogP contribution >= 0.6 is 0 Å². The molecule has 0 fully saturated rings. The molecule has 1 amide bonds. The quantitative estimate of drug-likeness (QED) is 0.357. The number of carbonyl (C=O) groups excluding carboxylic acids is 2. The second kappa shape index (κ2) is 8.04. The third-order valence-electron chi connectivity index (χ3n) is 1.46. The highest BCUT2D eigenvalue weighted by Crippen LogP contribution is 2.02. The Morgan fingerprint density at radius 3 is 2.75 bits per heavy atom. The molecule has 0 aromatic heterocycles. The monoisotopic (exact) mass is 173 g/mol. The number of carbonyl (C=O) groups is 2. The first-order valence-electron chi connectivity index (χ1n) is 4.20. The van der Waals surface area contributed by atoms with Gasteiger partial charge >= 0.3 is 5.97 Å². The first-order chi connectivity index (χ1) is 5.81. The number of amides is 1. The third-order valence-corrected chi connectivity index (χ3v) is 1.46. The summed E-state index contributed by atoms with van der Waals surface area (Å²) in [7, 11) is 0. The number of nitrogens with one attached hydrogen (secondary N) is 1. The molecule has 0 saturated carbocycles. The Morgan fingerprint density at radius 2 is 2.17 bits per heavy atom. The van der Waals surface area contributed by atoms with Gasteiger partial charge in [-0.25, -0.2) is 4.79 Å². The van der Waals surface area contributed by atoms with Crippen molar-refractivity contribution in [2.45, 2.75) is 39.0 Å². The van der Waals surface area contributed by atoms with E-state index in [0.717, 1.165) is 25.7 Å². The summed E-state index contributed by atoms with van der Waals surface area (Å²) in [6, 6.07) is 0. The maximum absolute atomic E-state index is 10.7. The van der Waals surface area contributed by atoms with Crippen LogP contribution in [0.5, 0.6) is 0 Å². The van der Waals surface area contributed by atoms with Crippen LogP contribution in [0, 0.1) is 0 Å². The highest BCUT2D eigenvalue weighted by Gasteiger charge is 2.00. The van der Waals surface area contributed by atoms with Crippen molar-refractivity contribution in [1.29, 1.82) is 0 Å². The maximum atomic E-state index is 10.7.